The standard InChI is InChI=1S/C28H27N3O4/c1-35-22-11-8-20(9-12-22)10-13-25(32)30-17-14-29(15-18-30)16-19-31-27(33)23-6-2-4-21-5-3-7-24(26(21)23)28(31)34/h2-13H,14-19H2,1H3. The fraction of sp³-hybridized carbons (Fsp3) is 0.250. The van der Waals surface area contributed by atoms with Crippen molar-refractivity contribution in [3.05, 3.63) is 83.4 Å². The van der Waals surface area contributed by atoms with Crippen molar-refractivity contribution in [2.45, 2.75) is 0 Å². The minimum atomic E-state index is -0.239. The summed E-state index contributed by atoms with van der Waals surface area (Å²) in [7, 11) is 1.62. The highest BCUT2D eigenvalue weighted by atomic mass is 16.5. The molecule has 2 heterocycles. The predicted octanol–water partition coefficient (Wildman–Crippen LogP) is 3.30. The number of nitrogens with zero attached hydrogens (tertiary/aromatic N) is 3. The lowest BCUT2D eigenvalue weighted by molar-refractivity contribution is -0.127. The average molecular weight is 470 g/mol. The first-order valence-corrected chi connectivity index (χ1v) is 11.8. The molecule has 1 saturated heterocycles. The molecule has 178 valence electrons. The zero-order valence-corrected chi connectivity index (χ0v) is 19.6. The van der Waals surface area contributed by atoms with Gasteiger partial charge >= 0.3 is 0 Å². The Morgan fingerprint density at radius 2 is 1.49 bits per heavy atom. The molecule has 3 aromatic carbocycles. The molecule has 3 aromatic rings. The molecule has 0 radical (unpaired) electrons. The van der Waals surface area contributed by atoms with Crippen LogP contribution in [-0.2, 0) is 4.79 Å². The van der Waals surface area contributed by atoms with E-state index in [4.69, 9.17) is 4.74 Å². The maximum absolute atomic E-state index is 13.1. The number of carbonyl (C=O) groups excluding carboxylic acids is 3. The van der Waals surface area contributed by atoms with E-state index >= 15 is 0 Å². The molecule has 0 saturated carbocycles. The first-order chi connectivity index (χ1) is 17.0. The van der Waals surface area contributed by atoms with Crippen LogP contribution in [0.3, 0.4) is 0 Å². The lowest BCUT2D eigenvalue weighted by atomic mass is 9.94. The van der Waals surface area contributed by atoms with Crippen LogP contribution in [0.2, 0.25) is 0 Å². The van der Waals surface area contributed by atoms with Crippen molar-refractivity contribution in [1.82, 2.24) is 14.7 Å². The highest BCUT2D eigenvalue weighted by Crippen LogP contribution is 2.29. The van der Waals surface area contributed by atoms with Crippen molar-refractivity contribution in [3.63, 3.8) is 0 Å². The fourth-order valence-electron chi connectivity index (χ4n) is 4.70. The van der Waals surface area contributed by atoms with E-state index in [-0.39, 0.29) is 17.7 Å². The van der Waals surface area contributed by atoms with Crippen LogP contribution in [0.5, 0.6) is 5.75 Å². The average Bonchev–Trinajstić information content (AvgIpc) is 2.91. The van der Waals surface area contributed by atoms with Crippen LogP contribution >= 0.6 is 0 Å². The molecule has 0 aliphatic carbocycles. The molecule has 0 aromatic heterocycles. The summed E-state index contributed by atoms with van der Waals surface area (Å²) in [4.78, 5) is 44.1. The smallest absolute Gasteiger partial charge is 0.261 e. The first kappa shape index (κ1) is 22.8. The maximum atomic E-state index is 13.1. The van der Waals surface area contributed by atoms with Crippen molar-refractivity contribution in [2.24, 2.45) is 0 Å². The summed E-state index contributed by atoms with van der Waals surface area (Å²) < 4.78 is 5.15. The SMILES string of the molecule is COc1ccc(C=CC(=O)N2CCN(CCN3C(=O)c4cccc5cccc(c45)C3=O)CC2)cc1. The molecule has 5 rings (SSSR count). The normalized spacial score (nSPS) is 16.4. The summed E-state index contributed by atoms with van der Waals surface area (Å²) in [5.74, 6) is 0.277. The van der Waals surface area contributed by atoms with Gasteiger partial charge in [0, 0.05) is 61.9 Å². The van der Waals surface area contributed by atoms with Gasteiger partial charge in [-0.3, -0.25) is 24.2 Å². The summed E-state index contributed by atoms with van der Waals surface area (Å²) in [6, 6.07) is 18.7. The number of carbonyl (C=O) groups is 3. The van der Waals surface area contributed by atoms with E-state index in [0.717, 1.165) is 22.1 Å². The van der Waals surface area contributed by atoms with Crippen LogP contribution in [-0.4, -0.2) is 78.8 Å². The number of methoxy groups -OCH3 is 1. The van der Waals surface area contributed by atoms with Gasteiger partial charge in [0.05, 0.1) is 7.11 Å². The second-order valence-corrected chi connectivity index (χ2v) is 8.74. The molecule has 0 unspecified atom stereocenters. The quantitative estimate of drug-likeness (QED) is 0.409. The Morgan fingerprint density at radius 3 is 2.09 bits per heavy atom. The van der Waals surface area contributed by atoms with Gasteiger partial charge in [0.1, 0.15) is 5.75 Å². The molecule has 7 heteroatoms. The number of rotatable bonds is 6. The Hall–Kier alpha value is -3.97. The fourth-order valence-corrected chi connectivity index (χ4v) is 4.70. The van der Waals surface area contributed by atoms with Crippen molar-refractivity contribution in [1.29, 1.82) is 0 Å². The topological polar surface area (TPSA) is 70.2 Å². The van der Waals surface area contributed by atoms with Crippen LogP contribution in [0.25, 0.3) is 16.8 Å². The third-order valence-corrected chi connectivity index (χ3v) is 6.71. The number of hydrogen-bond donors (Lipinski definition) is 0. The van der Waals surface area contributed by atoms with Crippen molar-refractivity contribution < 1.29 is 19.1 Å². The third-order valence-electron chi connectivity index (χ3n) is 6.71. The van der Waals surface area contributed by atoms with Gasteiger partial charge in [-0.05, 0) is 41.3 Å². The van der Waals surface area contributed by atoms with E-state index in [2.05, 4.69) is 4.90 Å². The Bertz CT molecular complexity index is 1260. The third kappa shape index (κ3) is 4.55. The van der Waals surface area contributed by atoms with Crippen LogP contribution in [0.15, 0.2) is 66.7 Å². The minimum absolute atomic E-state index is 0.0217. The van der Waals surface area contributed by atoms with E-state index < -0.39 is 0 Å². The molecule has 7 nitrogen and oxygen atoms in total. The number of ether oxygens (including phenoxy) is 1. The van der Waals surface area contributed by atoms with Crippen LogP contribution in [0.1, 0.15) is 26.3 Å². The number of hydrogen-bond acceptors (Lipinski definition) is 5. The zero-order valence-electron chi connectivity index (χ0n) is 19.6. The van der Waals surface area contributed by atoms with Gasteiger partial charge in [0.25, 0.3) is 11.8 Å². The second-order valence-electron chi connectivity index (χ2n) is 8.74. The van der Waals surface area contributed by atoms with Gasteiger partial charge in [0.15, 0.2) is 0 Å². The monoisotopic (exact) mass is 469 g/mol. The molecule has 1 fully saturated rings. The Kier molecular flexibility index (Phi) is 6.33. The number of piperazine rings is 1. The summed E-state index contributed by atoms with van der Waals surface area (Å²) in [5, 5.41) is 1.65. The molecule has 3 amide bonds. The van der Waals surface area contributed by atoms with E-state index in [1.54, 1.807) is 31.4 Å². The molecule has 2 aliphatic heterocycles. The minimum Gasteiger partial charge on any atom is -0.497 e. The van der Waals surface area contributed by atoms with Crippen molar-refractivity contribution in [2.75, 3.05) is 46.4 Å². The van der Waals surface area contributed by atoms with Crippen molar-refractivity contribution in [3.8, 4) is 5.75 Å². The summed E-state index contributed by atoms with van der Waals surface area (Å²) in [6.45, 7) is 3.52. The summed E-state index contributed by atoms with van der Waals surface area (Å²) in [6.07, 6.45) is 3.40. The van der Waals surface area contributed by atoms with Gasteiger partial charge in [-0.15, -0.1) is 0 Å². The van der Waals surface area contributed by atoms with E-state index in [0.29, 0.717) is 50.4 Å². The lowest BCUT2D eigenvalue weighted by Crippen LogP contribution is -2.51. The molecule has 0 spiro atoms. The molecule has 0 atom stereocenters. The Balaban J connectivity index is 1.15. The number of amides is 3. The molecular weight excluding hydrogens is 442 g/mol. The van der Waals surface area contributed by atoms with Gasteiger partial charge in [-0.1, -0.05) is 36.4 Å². The molecule has 2 aliphatic rings. The van der Waals surface area contributed by atoms with Crippen LogP contribution in [0, 0.1) is 0 Å². The molecule has 0 bridgehead atoms. The van der Waals surface area contributed by atoms with Crippen LogP contribution < -0.4 is 4.74 Å². The Morgan fingerprint density at radius 1 is 0.857 bits per heavy atom. The van der Waals surface area contributed by atoms with Gasteiger partial charge < -0.3 is 9.64 Å². The summed E-state index contributed by atoms with van der Waals surface area (Å²) in [5.41, 5.74) is 2.10. The maximum Gasteiger partial charge on any atom is 0.261 e. The molecule has 35 heavy (non-hydrogen) atoms. The van der Waals surface area contributed by atoms with Gasteiger partial charge in [0.2, 0.25) is 5.91 Å². The largest absolute Gasteiger partial charge is 0.497 e. The second kappa shape index (κ2) is 9.72. The zero-order chi connectivity index (χ0) is 24.4. The lowest BCUT2D eigenvalue weighted by Gasteiger charge is -2.35. The Labute approximate surface area is 204 Å². The molecular formula is C28H27N3O4. The predicted molar refractivity (Wildman–Crippen MR) is 134 cm³/mol. The van der Waals surface area contributed by atoms with E-state index in [1.807, 2.05) is 53.4 Å². The molecule has 0 N–H and O–H groups in total. The number of imide groups is 1. The highest BCUT2D eigenvalue weighted by Gasteiger charge is 2.33. The van der Waals surface area contributed by atoms with Gasteiger partial charge in [-0.25, -0.2) is 0 Å². The summed E-state index contributed by atoms with van der Waals surface area (Å²) >= 11 is 0. The number of benzene rings is 3. The van der Waals surface area contributed by atoms with E-state index in [1.165, 1.54) is 4.90 Å². The van der Waals surface area contributed by atoms with Crippen LogP contribution in [0.4, 0.5) is 0 Å². The first-order valence-electron chi connectivity index (χ1n) is 11.8. The van der Waals surface area contributed by atoms with Gasteiger partial charge in [-0.2, -0.15) is 0 Å². The highest BCUT2D eigenvalue weighted by molar-refractivity contribution is 6.25. The van der Waals surface area contributed by atoms with Crippen molar-refractivity contribution >= 4 is 34.6 Å². The van der Waals surface area contributed by atoms with E-state index in [9.17, 15) is 14.4 Å².